The largest absolute Gasteiger partial charge is 0.467 e. The van der Waals surface area contributed by atoms with Crippen molar-refractivity contribution in [2.75, 3.05) is 13.7 Å². The van der Waals surface area contributed by atoms with Gasteiger partial charge >= 0.3 is 11.9 Å². The second-order valence-corrected chi connectivity index (χ2v) is 10.0. The van der Waals surface area contributed by atoms with Gasteiger partial charge in [-0.25, -0.2) is 4.79 Å². The van der Waals surface area contributed by atoms with Crippen LogP contribution in [-0.4, -0.2) is 59.3 Å². The molecule has 34 heavy (non-hydrogen) atoms. The average Bonchev–Trinajstić information content (AvgIpc) is 3.28. The van der Waals surface area contributed by atoms with E-state index in [2.05, 4.69) is 19.1 Å². The van der Waals surface area contributed by atoms with E-state index in [-0.39, 0.29) is 18.9 Å². The summed E-state index contributed by atoms with van der Waals surface area (Å²) in [5, 5.41) is 10.9. The van der Waals surface area contributed by atoms with Crippen LogP contribution in [-0.2, 0) is 23.9 Å². The molecule has 4 atom stereocenters. The summed E-state index contributed by atoms with van der Waals surface area (Å²) in [4.78, 5) is 38.1. The zero-order valence-electron chi connectivity index (χ0n) is 21.4. The van der Waals surface area contributed by atoms with Crippen LogP contribution >= 0.6 is 0 Å². The minimum absolute atomic E-state index is 0.0211. The first-order valence-corrected chi connectivity index (χ1v) is 13.3. The highest BCUT2D eigenvalue weighted by molar-refractivity contribution is 5.88. The number of carbonyl (C=O) groups excluding carboxylic acids is 3. The molecule has 1 N–H and O–H groups in total. The molecule has 0 aromatic rings. The monoisotopic (exact) mass is 479 g/mol. The zero-order chi connectivity index (χ0) is 25.0. The van der Waals surface area contributed by atoms with Crippen LogP contribution in [0.5, 0.6) is 0 Å². The van der Waals surface area contributed by atoms with Gasteiger partial charge in [-0.15, -0.1) is 0 Å². The molecule has 0 bridgehead atoms. The number of allylic oxidation sites excluding steroid dienone is 2. The molecule has 2 aliphatic rings. The Hall–Kier alpha value is -1.89. The molecule has 0 saturated carbocycles. The third-order valence-electron chi connectivity index (χ3n) is 7.27. The fraction of sp³-hybridized carbons (Fsp3) is 0.815. The van der Waals surface area contributed by atoms with Crippen LogP contribution in [0.15, 0.2) is 12.2 Å². The molecule has 2 heterocycles. The highest BCUT2D eigenvalue weighted by Gasteiger charge is 2.53. The number of rotatable bonds is 16. The first kappa shape index (κ1) is 28.3. The van der Waals surface area contributed by atoms with Gasteiger partial charge in [-0.05, 0) is 45.4 Å². The predicted molar refractivity (Wildman–Crippen MR) is 131 cm³/mol. The SMILES string of the molecule is CCCCCCCCCC/C=C/CCC[C@]1(C)OC(=O)[C@@H](CN2C(=O)CCC2C(=O)OC)C1O. The maximum Gasteiger partial charge on any atom is 0.328 e. The number of nitrogens with zero attached hydrogens (tertiary/aromatic N) is 1. The molecule has 1 amide bonds. The van der Waals surface area contributed by atoms with Gasteiger partial charge < -0.3 is 19.5 Å². The Labute approximate surface area is 205 Å². The topological polar surface area (TPSA) is 93.1 Å². The van der Waals surface area contributed by atoms with E-state index in [4.69, 9.17) is 9.47 Å². The van der Waals surface area contributed by atoms with E-state index in [1.165, 1.54) is 63.4 Å². The van der Waals surface area contributed by atoms with E-state index in [0.717, 1.165) is 19.3 Å². The summed E-state index contributed by atoms with van der Waals surface area (Å²) in [6, 6.07) is -0.699. The number of hydrogen-bond donors (Lipinski definition) is 1. The second-order valence-electron chi connectivity index (χ2n) is 10.0. The van der Waals surface area contributed by atoms with E-state index >= 15 is 0 Å². The number of carbonyl (C=O) groups is 3. The Morgan fingerprint density at radius 3 is 2.35 bits per heavy atom. The van der Waals surface area contributed by atoms with E-state index < -0.39 is 35.6 Å². The molecule has 2 rings (SSSR count). The highest BCUT2D eigenvalue weighted by atomic mass is 16.6. The van der Waals surface area contributed by atoms with Gasteiger partial charge in [-0.2, -0.15) is 0 Å². The van der Waals surface area contributed by atoms with Crippen molar-refractivity contribution in [1.82, 2.24) is 4.90 Å². The van der Waals surface area contributed by atoms with Gasteiger partial charge in [0.25, 0.3) is 0 Å². The Morgan fingerprint density at radius 1 is 1.09 bits per heavy atom. The van der Waals surface area contributed by atoms with Gasteiger partial charge in [-0.3, -0.25) is 9.59 Å². The van der Waals surface area contributed by atoms with Crippen molar-refractivity contribution in [3.63, 3.8) is 0 Å². The molecule has 0 aromatic carbocycles. The number of ether oxygens (including phenoxy) is 2. The first-order valence-electron chi connectivity index (χ1n) is 13.3. The number of hydrogen-bond acceptors (Lipinski definition) is 6. The first-order chi connectivity index (χ1) is 16.3. The van der Waals surface area contributed by atoms with E-state index in [9.17, 15) is 19.5 Å². The van der Waals surface area contributed by atoms with Gasteiger partial charge in [0.05, 0.1) is 7.11 Å². The number of likely N-dealkylation sites (tertiary alicyclic amines) is 1. The fourth-order valence-corrected chi connectivity index (χ4v) is 5.05. The molecule has 7 nitrogen and oxygen atoms in total. The van der Waals surface area contributed by atoms with Crippen LogP contribution in [0.25, 0.3) is 0 Å². The molecule has 0 spiro atoms. The van der Waals surface area contributed by atoms with Crippen molar-refractivity contribution < 1.29 is 29.0 Å². The minimum atomic E-state index is -1.02. The molecule has 2 fully saturated rings. The van der Waals surface area contributed by atoms with Crippen LogP contribution in [0.3, 0.4) is 0 Å². The van der Waals surface area contributed by atoms with Crippen molar-refractivity contribution >= 4 is 17.8 Å². The van der Waals surface area contributed by atoms with E-state index in [1.807, 2.05) is 0 Å². The van der Waals surface area contributed by atoms with Gasteiger partial charge in [-0.1, -0.05) is 64.0 Å². The van der Waals surface area contributed by atoms with Crippen molar-refractivity contribution in [1.29, 1.82) is 0 Å². The maximum atomic E-state index is 12.5. The number of unbranched alkanes of at least 4 members (excludes halogenated alkanes) is 9. The van der Waals surface area contributed by atoms with Crippen molar-refractivity contribution in [3.8, 4) is 0 Å². The quantitative estimate of drug-likeness (QED) is 0.196. The lowest BCUT2D eigenvalue weighted by Crippen LogP contribution is -2.47. The Morgan fingerprint density at radius 2 is 1.71 bits per heavy atom. The van der Waals surface area contributed by atoms with Crippen molar-refractivity contribution in [2.24, 2.45) is 5.92 Å². The Kier molecular flexibility index (Phi) is 12.1. The summed E-state index contributed by atoms with van der Waals surface area (Å²) >= 11 is 0. The molecule has 194 valence electrons. The Bertz CT molecular complexity index is 693. The highest BCUT2D eigenvalue weighted by Crippen LogP contribution is 2.37. The third kappa shape index (κ3) is 8.10. The number of methoxy groups -OCH3 is 1. The van der Waals surface area contributed by atoms with Crippen LogP contribution in [0.4, 0.5) is 0 Å². The number of esters is 2. The molecule has 0 aliphatic carbocycles. The second kappa shape index (κ2) is 14.5. The number of aliphatic hydroxyl groups is 1. The molecule has 2 unspecified atom stereocenters. The molecular formula is C27H45NO6. The summed E-state index contributed by atoms with van der Waals surface area (Å²) < 4.78 is 10.4. The molecular weight excluding hydrogens is 434 g/mol. The van der Waals surface area contributed by atoms with Gasteiger partial charge in [0.15, 0.2) is 0 Å². The number of cyclic esters (lactones) is 1. The lowest BCUT2D eigenvalue weighted by Gasteiger charge is -2.29. The number of aliphatic hydroxyl groups excluding tert-OH is 1. The van der Waals surface area contributed by atoms with Gasteiger partial charge in [0.1, 0.15) is 23.7 Å². The zero-order valence-corrected chi connectivity index (χ0v) is 21.4. The molecule has 0 aromatic heterocycles. The van der Waals surface area contributed by atoms with Crippen LogP contribution in [0.2, 0.25) is 0 Å². The molecule has 2 aliphatic heterocycles. The molecule has 0 radical (unpaired) electrons. The summed E-state index contributed by atoms with van der Waals surface area (Å²) in [6.07, 6.45) is 17.9. The van der Waals surface area contributed by atoms with E-state index in [1.54, 1.807) is 6.92 Å². The summed E-state index contributed by atoms with van der Waals surface area (Å²) in [6.45, 7) is 3.98. The maximum absolute atomic E-state index is 12.5. The molecule has 2 saturated heterocycles. The van der Waals surface area contributed by atoms with Gasteiger partial charge in [0, 0.05) is 13.0 Å². The lowest BCUT2D eigenvalue weighted by molar-refractivity contribution is -0.153. The Balaban J connectivity index is 1.68. The summed E-state index contributed by atoms with van der Waals surface area (Å²) in [5.74, 6) is -2.06. The number of amides is 1. The summed E-state index contributed by atoms with van der Waals surface area (Å²) in [5.41, 5.74) is -0.975. The standard InChI is InChI=1S/C27H45NO6/c1-4-5-6-7-8-9-10-11-12-13-14-15-16-19-27(2)24(30)21(25(31)34-27)20-28-22(26(32)33-3)17-18-23(28)29/h13-14,21-22,24,30H,4-12,15-20H2,1-3H3/b14-13+/t21-,22?,24?,27-/m0/s1. The minimum Gasteiger partial charge on any atom is -0.467 e. The normalized spacial score (nSPS) is 27.1. The van der Waals surface area contributed by atoms with Crippen LogP contribution in [0, 0.1) is 5.92 Å². The van der Waals surface area contributed by atoms with Crippen molar-refractivity contribution in [2.45, 2.75) is 121 Å². The van der Waals surface area contributed by atoms with Crippen LogP contribution < -0.4 is 0 Å². The third-order valence-corrected chi connectivity index (χ3v) is 7.27. The van der Waals surface area contributed by atoms with Crippen LogP contribution in [0.1, 0.15) is 104 Å². The lowest BCUT2D eigenvalue weighted by atomic mass is 9.87. The average molecular weight is 480 g/mol. The molecule has 7 heteroatoms. The fourth-order valence-electron chi connectivity index (χ4n) is 5.05. The van der Waals surface area contributed by atoms with Gasteiger partial charge in [0.2, 0.25) is 5.91 Å². The van der Waals surface area contributed by atoms with Crippen molar-refractivity contribution in [3.05, 3.63) is 12.2 Å². The van der Waals surface area contributed by atoms with E-state index in [0.29, 0.717) is 12.8 Å². The predicted octanol–water partition coefficient (Wildman–Crippen LogP) is 4.70. The smallest absolute Gasteiger partial charge is 0.328 e. The summed E-state index contributed by atoms with van der Waals surface area (Å²) in [7, 11) is 1.28.